The molecule has 1 heterocycles. The molecule has 122 valence electrons. The Morgan fingerprint density at radius 2 is 2.23 bits per heavy atom. The highest BCUT2D eigenvalue weighted by Crippen LogP contribution is 2.20. The number of aryl methyl sites for hydroxylation is 1. The van der Waals surface area contributed by atoms with Crippen LogP contribution < -0.4 is 10.2 Å². The molecule has 1 saturated heterocycles. The number of rotatable bonds is 5. The summed E-state index contributed by atoms with van der Waals surface area (Å²) in [5.74, 6) is -1.77. The first-order valence-electron chi connectivity index (χ1n) is 6.65. The van der Waals surface area contributed by atoms with Crippen LogP contribution in [-0.4, -0.2) is 38.8 Å². The molecule has 0 aliphatic carbocycles. The molecule has 1 fully saturated rings. The first-order chi connectivity index (χ1) is 10.3. The Morgan fingerprint density at radius 3 is 2.77 bits per heavy atom. The van der Waals surface area contributed by atoms with Crippen molar-refractivity contribution in [3.63, 3.8) is 0 Å². The van der Waals surface area contributed by atoms with Crippen LogP contribution in [0.3, 0.4) is 0 Å². The number of hydrogen-bond donors (Lipinski definition) is 3. The monoisotopic (exact) mass is 332 g/mol. The SMILES string of the molecule is Cc1cc(S(=O)(=O)N[C@@H](C(=O)NO)C2CCOC2)ccc1F. The van der Waals surface area contributed by atoms with Crippen molar-refractivity contribution in [3.05, 3.63) is 29.6 Å². The highest BCUT2D eigenvalue weighted by molar-refractivity contribution is 7.89. The zero-order valence-corrected chi connectivity index (χ0v) is 12.7. The summed E-state index contributed by atoms with van der Waals surface area (Å²) in [7, 11) is -4.04. The van der Waals surface area contributed by atoms with Crippen LogP contribution >= 0.6 is 0 Å². The molecule has 1 aliphatic rings. The second-order valence-electron chi connectivity index (χ2n) is 5.11. The molecule has 1 unspecified atom stereocenters. The minimum atomic E-state index is -4.04. The lowest BCUT2D eigenvalue weighted by Crippen LogP contribution is -2.50. The van der Waals surface area contributed by atoms with Crippen molar-refractivity contribution in [3.8, 4) is 0 Å². The van der Waals surface area contributed by atoms with Gasteiger partial charge in [0.15, 0.2) is 0 Å². The average Bonchev–Trinajstić information content (AvgIpc) is 3.00. The minimum absolute atomic E-state index is 0.152. The van der Waals surface area contributed by atoms with Crippen molar-refractivity contribution in [2.75, 3.05) is 13.2 Å². The zero-order valence-electron chi connectivity index (χ0n) is 11.9. The molecule has 2 atom stereocenters. The number of benzene rings is 1. The van der Waals surface area contributed by atoms with Crippen LogP contribution in [0.1, 0.15) is 12.0 Å². The first-order valence-corrected chi connectivity index (χ1v) is 8.13. The summed E-state index contributed by atoms with van der Waals surface area (Å²) >= 11 is 0. The lowest BCUT2D eigenvalue weighted by Gasteiger charge is -2.21. The molecular weight excluding hydrogens is 315 g/mol. The fraction of sp³-hybridized carbons (Fsp3) is 0.462. The third-order valence-electron chi connectivity index (χ3n) is 3.55. The van der Waals surface area contributed by atoms with Crippen LogP contribution in [0.25, 0.3) is 0 Å². The number of ether oxygens (including phenoxy) is 1. The van der Waals surface area contributed by atoms with Gasteiger partial charge in [0.05, 0.1) is 11.5 Å². The molecule has 22 heavy (non-hydrogen) atoms. The maximum atomic E-state index is 13.2. The smallest absolute Gasteiger partial charge is 0.261 e. The summed E-state index contributed by atoms with van der Waals surface area (Å²) in [5.41, 5.74) is 1.63. The number of carbonyl (C=O) groups is 1. The van der Waals surface area contributed by atoms with Gasteiger partial charge in [0.2, 0.25) is 10.0 Å². The van der Waals surface area contributed by atoms with E-state index in [0.717, 1.165) is 12.1 Å². The second-order valence-corrected chi connectivity index (χ2v) is 6.82. The van der Waals surface area contributed by atoms with Gasteiger partial charge in [-0.15, -0.1) is 0 Å². The molecule has 0 radical (unpaired) electrons. The Morgan fingerprint density at radius 1 is 1.50 bits per heavy atom. The summed E-state index contributed by atoms with van der Waals surface area (Å²) in [5, 5.41) is 8.79. The topological polar surface area (TPSA) is 105 Å². The van der Waals surface area contributed by atoms with Gasteiger partial charge in [0.1, 0.15) is 11.9 Å². The van der Waals surface area contributed by atoms with E-state index in [0.29, 0.717) is 13.0 Å². The summed E-state index contributed by atoms with van der Waals surface area (Å²) in [6.45, 7) is 2.07. The van der Waals surface area contributed by atoms with Gasteiger partial charge in [0, 0.05) is 12.5 Å². The molecule has 9 heteroatoms. The Hall–Kier alpha value is -1.55. The van der Waals surface area contributed by atoms with Gasteiger partial charge in [-0.05, 0) is 37.1 Å². The zero-order chi connectivity index (χ0) is 16.3. The molecular formula is C13H17FN2O5S. The average molecular weight is 332 g/mol. The molecule has 0 bridgehead atoms. The molecule has 0 spiro atoms. The third-order valence-corrected chi connectivity index (χ3v) is 4.99. The van der Waals surface area contributed by atoms with Gasteiger partial charge in [0.25, 0.3) is 5.91 Å². The second kappa shape index (κ2) is 6.69. The number of sulfonamides is 1. The van der Waals surface area contributed by atoms with Crippen molar-refractivity contribution < 1.29 is 27.5 Å². The fourth-order valence-electron chi connectivity index (χ4n) is 2.27. The summed E-state index contributed by atoms with van der Waals surface area (Å²) in [6, 6.07) is 2.17. The van der Waals surface area contributed by atoms with E-state index in [1.807, 2.05) is 0 Å². The number of carbonyl (C=O) groups excluding carboxylic acids is 1. The highest BCUT2D eigenvalue weighted by Gasteiger charge is 2.35. The molecule has 3 N–H and O–H groups in total. The quantitative estimate of drug-likeness (QED) is 0.532. The Balaban J connectivity index is 2.26. The van der Waals surface area contributed by atoms with Gasteiger partial charge in [-0.25, -0.2) is 18.3 Å². The summed E-state index contributed by atoms with van der Waals surface area (Å²) in [4.78, 5) is 11.6. The molecule has 1 aliphatic heterocycles. The standard InChI is InChI=1S/C13H17FN2O5S/c1-8-6-10(2-3-11(8)14)22(19,20)16-12(13(17)15-18)9-4-5-21-7-9/h2-3,6,9,12,16,18H,4-5,7H2,1H3,(H,15,17)/t9?,12-/m1/s1. The van der Waals surface area contributed by atoms with Gasteiger partial charge in [-0.3, -0.25) is 10.0 Å². The van der Waals surface area contributed by atoms with Gasteiger partial charge in [-0.1, -0.05) is 0 Å². The van der Waals surface area contributed by atoms with Crippen LogP contribution in [0.5, 0.6) is 0 Å². The molecule has 0 saturated carbocycles. The van der Waals surface area contributed by atoms with E-state index >= 15 is 0 Å². The van der Waals surface area contributed by atoms with Crippen molar-refractivity contribution in [2.24, 2.45) is 5.92 Å². The van der Waals surface area contributed by atoms with E-state index in [1.165, 1.54) is 18.5 Å². The molecule has 7 nitrogen and oxygen atoms in total. The van der Waals surface area contributed by atoms with Crippen LogP contribution in [-0.2, 0) is 19.6 Å². The summed E-state index contributed by atoms with van der Waals surface area (Å²) in [6.07, 6.45) is 0.489. The van der Waals surface area contributed by atoms with Crippen molar-refractivity contribution >= 4 is 15.9 Å². The van der Waals surface area contributed by atoms with E-state index in [9.17, 15) is 17.6 Å². The Kier molecular flexibility index (Phi) is 5.12. The van der Waals surface area contributed by atoms with Gasteiger partial charge in [-0.2, -0.15) is 4.72 Å². The van der Waals surface area contributed by atoms with Crippen LogP contribution in [0.15, 0.2) is 23.1 Å². The number of amides is 1. The van der Waals surface area contributed by atoms with Crippen LogP contribution in [0.4, 0.5) is 4.39 Å². The highest BCUT2D eigenvalue weighted by atomic mass is 32.2. The van der Waals surface area contributed by atoms with E-state index < -0.39 is 27.8 Å². The molecule has 1 amide bonds. The number of hydrogen-bond acceptors (Lipinski definition) is 5. The van der Waals surface area contributed by atoms with E-state index in [2.05, 4.69) is 4.72 Å². The minimum Gasteiger partial charge on any atom is -0.381 e. The molecule has 1 aromatic rings. The third kappa shape index (κ3) is 3.61. The normalized spacial score (nSPS) is 19.9. The maximum Gasteiger partial charge on any atom is 0.261 e. The van der Waals surface area contributed by atoms with Crippen LogP contribution in [0.2, 0.25) is 0 Å². The largest absolute Gasteiger partial charge is 0.381 e. The predicted molar refractivity (Wildman–Crippen MR) is 74.1 cm³/mol. The lowest BCUT2D eigenvalue weighted by molar-refractivity contribution is -0.132. The fourth-order valence-corrected chi connectivity index (χ4v) is 3.62. The van der Waals surface area contributed by atoms with Crippen LogP contribution in [0, 0.1) is 18.7 Å². The predicted octanol–water partition coefficient (Wildman–Crippen LogP) is 0.323. The molecule has 1 aromatic carbocycles. The van der Waals surface area contributed by atoms with E-state index in [-0.39, 0.29) is 23.0 Å². The first kappa shape index (κ1) is 16.8. The van der Waals surface area contributed by atoms with E-state index in [1.54, 1.807) is 0 Å². The number of hydroxylamine groups is 1. The maximum absolute atomic E-state index is 13.2. The number of nitrogens with one attached hydrogen (secondary N) is 2. The molecule has 0 aromatic heterocycles. The molecule has 2 rings (SSSR count). The van der Waals surface area contributed by atoms with Crippen molar-refractivity contribution in [1.82, 2.24) is 10.2 Å². The van der Waals surface area contributed by atoms with Crippen molar-refractivity contribution in [2.45, 2.75) is 24.3 Å². The van der Waals surface area contributed by atoms with E-state index in [4.69, 9.17) is 9.94 Å². The number of halogens is 1. The summed E-state index contributed by atoms with van der Waals surface area (Å²) < 4.78 is 45.3. The lowest BCUT2D eigenvalue weighted by atomic mass is 10.00. The Bertz CT molecular complexity index is 658. The van der Waals surface area contributed by atoms with Gasteiger partial charge < -0.3 is 4.74 Å². The van der Waals surface area contributed by atoms with Crippen molar-refractivity contribution in [1.29, 1.82) is 0 Å². The Labute approximate surface area is 127 Å². The van der Waals surface area contributed by atoms with Gasteiger partial charge >= 0.3 is 0 Å².